The van der Waals surface area contributed by atoms with E-state index in [4.69, 9.17) is 5.73 Å². The number of amides is 1. The summed E-state index contributed by atoms with van der Waals surface area (Å²) in [4.78, 5) is 19.5. The number of nitrogen functional groups attached to an aromatic ring is 1. The van der Waals surface area contributed by atoms with Crippen molar-refractivity contribution < 1.29 is 4.79 Å². The van der Waals surface area contributed by atoms with Gasteiger partial charge in [-0.05, 0) is 13.3 Å². The molecule has 5 heteroatoms. The summed E-state index contributed by atoms with van der Waals surface area (Å²) in [6.45, 7) is 3.68. The molecule has 14 heavy (non-hydrogen) atoms. The summed E-state index contributed by atoms with van der Waals surface area (Å²) in [5, 5.41) is 2.56. The lowest BCUT2D eigenvalue weighted by Crippen LogP contribution is -2.22. The van der Waals surface area contributed by atoms with Crippen LogP contribution in [0.15, 0.2) is 0 Å². The Kier molecular flexibility index (Phi) is 3.01. The number of nitrogens with zero attached hydrogens (tertiary/aromatic N) is 2. The number of carbonyl (C=O) groups is 1. The van der Waals surface area contributed by atoms with E-state index < -0.39 is 0 Å². The van der Waals surface area contributed by atoms with E-state index in [1.165, 1.54) is 0 Å². The van der Waals surface area contributed by atoms with Crippen molar-refractivity contribution in [2.24, 2.45) is 0 Å². The van der Waals surface area contributed by atoms with Gasteiger partial charge in [-0.2, -0.15) is 0 Å². The van der Waals surface area contributed by atoms with E-state index in [9.17, 15) is 4.79 Å². The molecule has 0 bridgehead atoms. The summed E-state index contributed by atoms with van der Waals surface area (Å²) in [6.07, 6.45) is 0.663. The van der Waals surface area contributed by atoms with Gasteiger partial charge in [0.05, 0.1) is 17.0 Å². The van der Waals surface area contributed by atoms with E-state index in [-0.39, 0.29) is 11.9 Å². The van der Waals surface area contributed by atoms with Crippen LogP contribution in [0.1, 0.15) is 28.7 Å². The number of hydrogen-bond donors (Lipinski definition) is 2. The first-order chi connectivity index (χ1) is 6.60. The van der Waals surface area contributed by atoms with E-state index in [0.717, 1.165) is 0 Å². The number of aromatic nitrogens is 2. The molecule has 1 amide bonds. The van der Waals surface area contributed by atoms with E-state index >= 15 is 0 Å². The third-order valence-electron chi connectivity index (χ3n) is 1.97. The van der Waals surface area contributed by atoms with Crippen LogP contribution < -0.4 is 11.1 Å². The van der Waals surface area contributed by atoms with Crippen molar-refractivity contribution in [1.29, 1.82) is 0 Å². The highest BCUT2D eigenvalue weighted by molar-refractivity contribution is 5.96. The second kappa shape index (κ2) is 4.04. The zero-order valence-corrected chi connectivity index (χ0v) is 8.59. The predicted molar refractivity (Wildman–Crippen MR) is 53.9 cm³/mol. The molecule has 5 nitrogen and oxygen atoms in total. The Balaban J connectivity index is 3.32. The molecule has 0 spiro atoms. The van der Waals surface area contributed by atoms with Gasteiger partial charge < -0.3 is 11.1 Å². The van der Waals surface area contributed by atoms with E-state index in [2.05, 4.69) is 15.3 Å². The van der Waals surface area contributed by atoms with Crippen molar-refractivity contribution in [3.8, 4) is 0 Å². The molecule has 0 radical (unpaired) electrons. The van der Waals surface area contributed by atoms with Crippen molar-refractivity contribution in [2.75, 3.05) is 12.8 Å². The van der Waals surface area contributed by atoms with Crippen LogP contribution >= 0.6 is 0 Å². The van der Waals surface area contributed by atoms with Crippen molar-refractivity contribution in [3.63, 3.8) is 0 Å². The number of nitrogens with two attached hydrogens (primary N) is 1. The Morgan fingerprint density at radius 1 is 1.50 bits per heavy atom. The Hall–Kier alpha value is -1.65. The van der Waals surface area contributed by atoms with Gasteiger partial charge >= 0.3 is 0 Å². The maximum absolute atomic E-state index is 11.5. The van der Waals surface area contributed by atoms with Crippen LogP contribution in [0.5, 0.6) is 0 Å². The third-order valence-corrected chi connectivity index (χ3v) is 1.97. The molecule has 3 N–H and O–H groups in total. The molecule has 76 valence electrons. The molecule has 0 saturated carbocycles. The molecular weight excluding hydrogens is 180 g/mol. The summed E-state index contributed by atoms with van der Waals surface area (Å²) in [6, 6.07) is 0. The standard InChI is InChI=1S/C9H14N4O/c1-4-6-7(8(14)11-3)5(2)12-9(10)13-6/h4H2,1-3H3,(H,11,14)(H2,10,12,13). The highest BCUT2D eigenvalue weighted by Gasteiger charge is 2.15. The lowest BCUT2D eigenvalue weighted by molar-refractivity contribution is 0.0960. The molecular formula is C9H14N4O. The first kappa shape index (κ1) is 10.4. The molecule has 1 aromatic rings. The predicted octanol–water partition coefficient (Wildman–Crippen LogP) is 0.289. The molecule has 0 aromatic carbocycles. The normalized spacial score (nSPS) is 9.93. The molecule has 0 atom stereocenters. The number of rotatable bonds is 2. The minimum Gasteiger partial charge on any atom is -0.368 e. The highest BCUT2D eigenvalue weighted by atomic mass is 16.1. The first-order valence-corrected chi connectivity index (χ1v) is 4.45. The summed E-state index contributed by atoms with van der Waals surface area (Å²) in [7, 11) is 1.58. The van der Waals surface area contributed by atoms with Crippen LogP contribution in [-0.4, -0.2) is 22.9 Å². The average Bonchev–Trinajstić information content (AvgIpc) is 2.15. The number of aryl methyl sites for hydroxylation is 2. The van der Waals surface area contributed by atoms with Gasteiger partial charge in [-0.25, -0.2) is 9.97 Å². The van der Waals surface area contributed by atoms with Crippen molar-refractivity contribution >= 4 is 11.9 Å². The largest absolute Gasteiger partial charge is 0.368 e. The molecule has 0 saturated heterocycles. The van der Waals surface area contributed by atoms with Gasteiger partial charge in [0.15, 0.2) is 0 Å². The number of hydrogen-bond acceptors (Lipinski definition) is 4. The summed E-state index contributed by atoms with van der Waals surface area (Å²) < 4.78 is 0. The lowest BCUT2D eigenvalue weighted by atomic mass is 10.1. The maximum atomic E-state index is 11.5. The number of carbonyl (C=O) groups excluding carboxylic acids is 1. The molecule has 0 unspecified atom stereocenters. The molecule has 0 aliphatic carbocycles. The highest BCUT2D eigenvalue weighted by Crippen LogP contribution is 2.12. The fourth-order valence-electron chi connectivity index (χ4n) is 1.33. The van der Waals surface area contributed by atoms with Crippen LogP contribution in [0.4, 0.5) is 5.95 Å². The molecule has 0 fully saturated rings. The van der Waals surface area contributed by atoms with Gasteiger partial charge in [-0.15, -0.1) is 0 Å². The van der Waals surface area contributed by atoms with E-state index in [1.807, 2.05) is 6.92 Å². The molecule has 0 aliphatic rings. The summed E-state index contributed by atoms with van der Waals surface area (Å²) in [5.41, 5.74) is 7.33. The smallest absolute Gasteiger partial charge is 0.254 e. The minimum absolute atomic E-state index is 0.167. The van der Waals surface area contributed by atoms with Crippen LogP contribution in [0.2, 0.25) is 0 Å². The molecule has 1 rings (SSSR count). The lowest BCUT2D eigenvalue weighted by Gasteiger charge is -2.08. The van der Waals surface area contributed by atoms with Gasteiger partial charge in [-0.3, -0.25) is 4.79 Å². The van der Waals surface area contributed by atoms with Crippen molar-refractivity contribution in [1.82, 2.24) is 15.3 Å². The van der Waals surface area contributed by atoms with Crippen LogP contribution in [0, 0.1) is 6.92 Å². The van der Waals surface area contributed by atoms with Gasteiger partial charge in [0, 0.05) is 7.05 Å². The first-order valence-electron chi connectivity index (χ1n) is 4.45. The zero-order valence-electron chi connectivity index (χ0n) is 8.59. The fourth-order valence-corrected chi connectivity index (χ4v) is 1.33. The molecule has 1 heterocycles. The van der Waals surface area contributed by atoms with E-state index in [1.54, 1.807) is 14.0 Å². The van der Waals surface area contributed by atoms with Gasteiger partial charge in [0.25, 0.3) is 5.91 Å². The number of anilines is 1. The Labute approximate surface area is 82.7 Å². The Morgan fingerprint density at radius 3 is 2.64 bits per heavy atom. The van der Waals surface area contributed by atoms with Gasteiger partial charge in [0.2, 0.25) is 5.95 Å². The maximum Gasteiger partial charge on any atom is 0.254 e. The topological polar surface area (TPSA) is 80.9 Å². The average molecular weight is 194 g/mol. The quantitative estimate of drug-likeness (QED) is 0.709. The second-order valence-electron chi connectivity index (χ2n) is 2.92. The van der Waals surface area contributed by atoms with Crippen LogP contribution in [-0.2, 0) is 6.42 Å². The third kappa shape index (κ3) is 1.81. The van der Waals surface area contributed by atoms with Gasteiger partial charge in [-0.1, -0.05) is 6.92 Å². The Bertz CT molecular complexity index is 362. The van der Waals surface area contributed by atoms with Crippen molar-refractivity contribution in [3.05, 3.63) is 17.0 Å². The minimum atomic E-state index is -0.167. The zero-order chi connectivity index (χ0) is 10.7. The summed E-state index contributed by atoms with van der Waals surface area (Å²) in [5.74, 6) is 0.0475. The molecule has 1 aromatic heterocycles. The van der Waals surface area contributed by atoms with Crippen molar-refractivity contribution in [2.45, 2.75) is 20.3 Å². The SMILES string of the molecule is CCc1nc(N)nc(C)c1C(=O)NC. The fraction of sp³-hybridized carbons (Fsp3) is 0.444. The molecule has 0 aliphatic heterocycles. The summed E-state index contributed by atoms with van der Waals surface area (Å²) >= 11 is 0. The van der Waals surface area contributed by atoms with Gasteiger partial charge in [0.1, 0.15) is 0 Å². The monoisotopic (exact) mass is 194 g/mol. The van der Waals surface area contributed by atoms with Crippen LogP contribution in [0.3, 0.4) is 0 Å². The number of nitrogens with one attached hydrogen (secondary N) is 1. The second-order valence-corrected chi connectivity index (χ2v) is 2.92. The Morgan fingerprint density at radius 2 is 2.14 bits per heavy atom. The van der Waals surface area contributed by atoms with E-state index in [0.29, 0.717) is 23.4 Å². The van der Waals surface area contributed by atoms with Crippen LogP contribution in [0.25, 0.3) is 0 Å².